The van der Waals surface area contributed by atoms with Crippen LogP contribution in [0.25, 0.3) is 11.1 Å². The molecular formula is C13H15ClN2O. The van der Waals surface area contributed by atoms with Crippen LogP contribution < -0.4 is 5.32 Å². The molecule has 0 bridgehead atoms. The van der Waals surface area contributed by atoms with E-state index in [0.717, 1.165) is 24.4 Å². The van der Waals surface area contributed by atoms with Gasteiger partial charge >= 0.3 is 0 Å². The van der Waals surface area contributed by atoms with E-state index >= 15 is 0 Å². The molecular weight excluding hydrogens is 236 g/mol. The van der Waals surface area contributed by atoms with Crippen LogP contribution in [0.5, 0.6) is 0 Å². The van der Waals surface area contributed by atoms with Gasteiger partial charge in [0.05, 0.1) is 10.6 Å². The molecule has 3 nitrogen and oxygen atoms in total. The lowest BCUT2D eigenvalue weighted by Gasteiger charge is -2.31. The van der Waals surface area contributed by atoms with Gasteiger partial charge < -0.3 is 9.73 Å². The van der Waals surface area contributed by atoms with Gasteiger partial charge in [0.2, 0.25) is 5.89 Å². The number of halogens is 1. The van der Waals surface area contributed by atoms with Gasteiger partial charge in [-0.3, -0.25) is 0 Å². The summed E-state index contributed by atoms with van der Waals surface area (Å²) in [5, 5.41) is 4.12. The van der Waals surface area contributed by atoms with E-state index in [4.69, 9.17) is 16.0 Å². The number of oxazole rings is 1. The van der Waals surface area contributed by atoms with Gasteiger partial charge in [0.15, 0.2) is 5.58 Å². The second-order valence-corrected chi connectivity index (χ2v) is 5.23. The molecule has 90 valence electrons. The highest BCUT2D eigenvalue weighted by molar-refractivity contribution is 6.34. The Hall–Kier alpha value is -1.06. The Kier molecular flexibility index (Phi) is 2.60. The summed E-state index contributed by atoms with van der Waals surface area (Å²) in [6, 6.07) is 5.66. The maximum atomic E-state index is 6.10. The fourth-order valence-electron chi connectivity index (χ4n) is 2.39. The van der Waals surface area contributed by atoms with Crippen molar-refractivity contribution in [3.63, 3.8) is 0 Å². The zero-order chi connectivity index (χ0) is 11.9. The van der Waals surface area contributed by atoms with Crippen molar-refractivity contribution in [1.29, 1.82) is 0 Å². The van der Waals surface area contributed by atoms with Crippen molar-refractivity contribution in [1.82, 2.24) is 10.3 Å². The molecule has 2 heterocycles. The molecule has 1 fully saturated rings. The minimum atomic E-state index is -0.152. The molecule has 0 spiro atoms. The predicted molar refractivity (Wildman–Crippen MR) is 68.2 cm³/mol. The molecule has 4 heteroatoms. The highest BCUT2D eigenvalue weighted by Crippen LogP contribution is 2.33. The number of hydrogen-bond acceptors (Lipinski definition) is 3. The first-order valence-electron chi connectivity index (χ1n) is 6.00. The average molecular weight is 251 g/mol. The Bertz CT molecular complexity index is 543. The van der Waals surface area contributed by atoms with E-state index in [1.165, 1.54) is 12.8 Å². The topological polar surface area (TPSA) is 38.1 Å². The number of nitrogens with zero attached hydrogens (tertiary/aromatic N) is 1. The molecule has 1 saturated heterocycles. The van der Waals surface area contributed by atoms with Gasteiger partial charge in [0.25, 0.3) is 0 Å². The second kappa shape index (κ2) is 4.00. The molecule has 2 aromatic rings. The Labute approximate surface area is 105 Å². The number of rotatable bonds is 1. The van der Waals surface area contributed by atoms with Gasteiger partial charge in [-0.05, 0) is 44.9 Å². The highest BCUT2D eigenvalue weighted by atomic mass is 35.5. The molecule has 0 amide bonds. The molecule has 0 saturated carbocycles. The van der Waals surface area contributed by atoms with E-state index in [0.29, 0.717) is 10.6 Å². The first kappa shape index (κ1) is 11.1. The number of fused-ring (bicyclic) bond motifs is 1. The smallest absolute Gasteiger partial charge is 0.215 e. The van der Waals surface area contributed by atoms with Crippen molar-refractivity contribution >= 4 is 22.7 Å². The monoisotopic (exact) mass is 250 g/mol. The normalized spacial score (nSPS) is 25.3. The molecule has 1 N–H and O–H groups in total. The Balaban J connectivity index is 2.08. The summed E-state index contributed by atoms with van der Waals surface area (Å²) < 4.78 is 5.84. The van der Waals surface area contributed by atoms with Gasteiger partial charge in [0, 0.05) is 0 Å². The van der Waals surface area contributed by atoms with Crippen LogP contribution in [-0.2, 0) is 5.54 Å². The zero-order valence-electron chi connectivity index (χ0n) is 9.79. The van der Waals surface area contributed by atoms with E-state index < -0.39 is 0 Å². The van der Waals surface area contributed by atoms with Crippen molar-refractivity contribution in [3.05, 3.63) is 29.1 Å². The summed E-state index contributed by atoms with van der Waals surface area (Å²) in [6.45, 7) is 3.16. The largest absolute Gasteiger partial charge is 0.437 e. The van der Waals surface area contributed by atoms with Crippen LogP contribution in [0, 0.1) is 0 Å². The van der Waals surface area contributed by atoms with Crippen molar-refractivity contribution in [3.8, 4) is 0 Å². The minimum absolute atomic E-state index is 0.152. The lowest BCUT2D eigenvalue weighted by atomic mass is 9.91. The fourth-order valence-corrected chi connectivity index (χ4v) is 2.60. The number of aromatic nitrogens is 1. The predicted octanol–water partition coefficient (Wildman–Crippen LogP) is 3.47. The van der Waals surface area contributed by atoms with E-state index in [-0.39, 0.29) is 5.54 Å². The number of benzene rings is 1. The minimum Gasteiger partial charge on any atom is -0.437 e. The van der Waals surface area contributed by atoms with E-state index in [2.05, 4.69) is 17.2 Å². The third-order valence-corrected chi connectivity index (χ3v) is 3.76. The Morgan fingerprint density at radius 3 is 3.00 bits per heavy atom. The summed E-state index contributed by atoms with van der Waals surface area (Å²) in [5.41, 5.74) is 1.37. The van der Waals surface area contributed by atoms with Crippen molar-refractivity contribution < 1.29 is 4.42 Å². The second-order valence-electron chi connectivity index (χ2n) is 4.82. The average Bonchev–Trinajstić information content (AvgIpc) is 2.76. The van der Waals surface area contributed by atoms with Gasteiger partial charge in [-0.2, -0.15) is 0 Å². The molecule has 3 rings (SSSR count). The molecule has 1 atom stereocenters. The fraction of sp³-hybridized carbons (Fsp3) is 0.462. The highest BCUT2D eigenvalue weighted by Gasteiger charge is 2.33. The third-order valence-electron chi connectivity index (χ3n) is 3.46. The zero-order valence-corrected chi connectivity index (χ0v) is 10.5. The summed E-state index contributed by atoms with van der Waals surface area (Å²) in [6.07, 6.45) is 3.48. The lowest BCUT2D eigenvalue weighted by molar-refractivity contribution is 0.232. The summed E-state index contributed by atoms with van der Waals surface area (Å²) >= 11 is 6.10. The van der Waals surface area contributed by atoms with Crippen LogP contribution in [0.3, 0.4) is 0 Å². The van der Waals surface area contributed by atoms with Crippen LogP contribution in [-0.4, -0.2) is 11.5 Å². The third kappa shape index (κ3) is 1.83. The van der Waals surface area contributed by atoms with Crippen molar-refractivity contribution in [2.24, 2.45) is 0 Å². The van der Waals surface area contributed by atoms with Crippen LogP contribution in [0.1, 0.15) is 32.1 Å². The Morgan fingerprint density at radius 1 is 1.41 bits per heavy atom. The number of para-hydroxylation sites is 1. The van der Waals surface area contributed by atoms with Crippen LogP contribution in [0.15, 0.2) is 22.6 Å². The first-order chi connectivity index (χ1) is 8.19. The summed E-state index contributed by atoms with van der Waals surface area (Å²) in [4.78, 5) is 4.56. The Morgan fingerprint density at radius 2 is 2.29 bits per heavy atom. The maximum Gasteiger partial charge on any atom is 0.215 e. The summed E-state index contributed by atoms with van der Waals surface area (Å²) in [5.74, 6) is 0.750. The van der Waals surface area contributed by atoms with Gasteiger partial charge in [-0.25, -0.2) is 4.98 Å². The van der Waals surface area contributed by atoms with Gasteiger partial charge in [-0.15, -0.1) is 0 Å². The number of nitrogens with one attached hydrogen (secondary N) is 1. The van der Waals surface area contributed by atoms with E-state index in [1.807, 2.05) is 18.2 Å². The molecule has 0 radical (unpaired) electrons. The molecule has 17 heavy (non-hydrogen) atoms. The van der Waals surface area contributed by atoms with E-state index in [1.54, 1.807) is 0 Å². The number of hydrogen-bond donors (Lipinski definition) is 1. The molecule has 1 aliphatic heterocycles. The van der Waals surface area contributed by atoms with Crippen LogP contribution in [0.2, 0.25) is 5.02 Å². The maximum absolute atomic E-state index is 6.10. The molecule has 1 unspecified atom stereocenters. The molecule has 0 aliphatic carbocycles. The van der Waals surface area contributed by atoms with E-state index in [9.17, 15) is 0 Å². The SMILES string of the molecule is CC1(c2nc3cccc(Cl)c3o2)CCCCN1. The first-order valence-corrected chi connectivity index (χ1v) is 6.37. The van der Waals surface area contributed by atoms with Crippen LogP contribution >= 0.6 is 11.6 Å². The van der Waals surface area contributed by atoms with Crippen molar-refractivity contribution in [2.45, 2.75) is 31.7 Å². The number of piperidine rings is 1. The molecule has 1 aromatic heterocycles. The van der Waals surface area contributed by atoms with Gasteiger partial charge in [0.1, 0.15) is 5.52 Å². The molecule has 1 aliphatic rings. The van der Waals surface area contributed by atoms with Crippen molar-refractivity contribution in [2.75, 3.05) is 6.54 Å². The van der Waals surface area contributed by atoms with Gasteiger partial charge in [-0.1, -0.05) is 17.7 Å². The molecule has 1 aromatic carbocycles. The summed E-state index contributed by atoms with van der Waals surface area (Å²) in [7, 11) is 0. The quantitative estimate of drug-likeness (QED) is 0.842. The lowest BCUT2D eigenvalue weighted by Crippen LogP contribution is -2.43. The van der Waals surface area contributed by atoms with Crippen LogP contribution in [0.4, 0.5) is 0 Å². The standard InChI is InChI=1S/C13H15ClN2O/c1-13(7-2-3-8-15-13)12-16-10-6-4-5-9(14)11(10)17-12/h4-6,15H,2-3,7-8H2,1H3.